The molecule has 0 bridgehead atoms. The van der Waals surface area contributed by atoms with Crippen LogP contribution in [-0.2, 0) is 14.3 Å². The predicted molar refractivity (Wildman–Crippen MR) is 168 cm³/mol. The summed E-state index contributed by atoms with van der Waals surface area (Å²) in [5.74, 6) is 1.29. The molecule has 41 heavy (non-hydrogen) atoms. The number of carbonyl (C=O) groups is 1. The van der Waals surface area contributed by atoms with E-state index in [4.69, 9.17) is 9.47 Å². The molecule has 0 aliphatic carbocycles. The molecule has 0 saturated heterocycles. The number of thioether (sulfide) groups is 1. The molecular weight excluding hydrogens is 530 g/mol. The summed E-state index contributed by atoms with van der Waals surface area (Å²) in [6.07, 6.45) is 0. The Hall–Kier alpha value is -4.23. The summed E-state index contributed by atoms with van der Waals surface area (Å²) in [5, 5.41) is 3.35. The van der Waals surface area contributed by atoms with Crippen molar-refractivity contribution >= 4 is 34.7 Å². The zero-order chi connectivity index (χ0) is 28.9. The molecule has 210 valence electrons. The molecule has 0 saturated carbocycles. The lowest BCUT2D eigenvalue weighted by Crippen LogP contribution is -2.40. The molecule has 5 rings (SSSR count). The van der Waals surface area contributed by atoms with Gasteiger partial charge in [-0.15, -0.1) is 11.8 Å². The fourth-order valence-electron chi connectivity index (χ4n) is 4.87. The van der Waals surface area contributed by atoms with Crippen molar-refractivity contribution in [1.29, 1.82) is 0 Å². The second kappa shape index (κ2) is 12.1. The quantitative estimate of drug-likeness (QED) is 0.136. The molecule has 0 amide bonds. The standard InChI is InChI=1S/C34H35N3O3S/c1-33(2,3)40-31(38)30(37-32-35-28-21-20-27(39-4)22-29(28)36-32)23-41-34(24-14-8-5-9-15-24,25-16-10-6-11-17-25)26-18-12-7-13-19-26/h5-22,30H,23H2,1-4H3,(H2,35,36,37)/t30-/m0/s1. The zero-order valence-electron chi connectivity index (χ0n) is 23.8. The van der Waals surface area contributed by atoms with Crippen LogP contribution in [0.4, 0.5) is 5.95 Å². The van der Waals surface area contributed by atoms with Gasteiger partial charge in [-0.1, -0.05) is 91.0 Å². The van der Waals surface area contributed by atoms with E-state index < -0.39 is 16.4 Å². The van der Waals surface area contributed by atoms with Gasteiger partial charge in [0.15, 0.2) is 0 Å². The highest BCUT2D eigenvalue weighted by atomic mass is 32.2. The summed E-state index contributed by atoms with van der Waals surface area (Å²) < 4.78 is 10.7. The Morgan fingerprint density at radius 3 is 1.88 bits per heavy atom. The Morgan fingerprint density at radius 1 is 0.854 bits per heavy atom. The van der Waals surface area contributed by atoms with Gasteiger partial charge in [0.05, 0.1) is 22.9 Å². The van der Waals surface area contributed by atoms with Crippen molar-refractivity contribution in [2.75, 3.05) is 18.2 Å². The van der Waals surface area contributed by atoms with Crippen LogP contribution in [-0.4, -0.2) is 40.4 Å². The van der Waals surface area contributed by atoms with E-state index in [0.29, 0.717) is 11.7 Å². The molecule has 5 aromatic rings. The minimum Gasteiger partial charge on any atom is -0.497 e. The fraction of sp³-hybridized carbons (Fsp3) is 0.235. The number of hydrogen-bond acceptors (Lipinski definition) is 6. The van der Waals surface area contributed by atoms with Crippen molar-refractivity contribution in [3.05, 3.63) is 126 Å². The Balaban J connectivity index is 1.56. The average molecular weight is 566 g/mol. The van der Waals surface area contributed by atoms with E-state index in [1.165, 1.54) is 0 Å². The Labute approximate surface area is 245 Å². The normalized spacial score (nSPS) is 12.6. The molecule has 0 spiro atoms. The maximum absolute atomic E-state index is 13.6. The number of hydrogen-bond donors (Lipinski definition) is 2. The third kappa shape index (κ3) is 6.41. The van der Waals surface area contributed by atoms with E-state index in [1.807, 2.05) is 57.2 Å². The third-order valence-electron chi connectivity index (χ3n) is 6.70. The lowest BCUT2D eigenvalue weighted by atomic mass is 9.84. The first-order chi connectivity index (χ1) is 19.8. The molecule has 1 atom stereocenters. The Bertz CT molecular complexity index is 1490. The van der Waals surface area contributed by atoms with Crippen LogP contribution in [0.5, 0.6) is 5.75 Å². The molecule has 7 heteroatoms. The predicted octanol–water partition coefficient (Wildman–Crippen LogP) is 7.42. The molecule has 0 aliphatic rings. The van der Waals surface area contributed by atoms with E-state index >= 15 is 0 Å². The number of H-pyrrole nitrogens is 1. The highest BCUT2D eigenvalue weighted by molar-refractivity contribution is 8.00. The van der Waals surface area contributed by atoms with Gasteiger partial charge in [-0.2, -0.15) is 0 Å². The summed E-state index contributed by atoms with van der Waals surface area (Å²) in [7, 11) is 1.63. The number of aromatic nitrogens is 2. The SMILES string of the molecule is COc1ccc2nc(N[C@@H](CSC(c3ccccc3)(c3ccccc3)c3ccccc3)C(=O)OC(C)(C)C)[nH]c2c1. The zero-order valence-corrected chi connectivity index (χ0v) is 24.6. The van der Waals surface area contributed by atoms with Gasteiger partial charge in [-0.25, -0.2) is 9.78 Å². The molecule has 1 aromatic heterocycles. The van der Waals surface area contributed by atoms with E-state index in [-0.39, 0.29) is 5.97 Å². The number of imidazole rings is 1. The monoisotopic (exact) mass is 565 g/mol. The van der Waals surface area contributed by atoms with Crippen molar-refractivity contribution in [3.63, 3.8) is 0 Å². The van der Waals surface area contributed by atoms with Crippen LogP contribution in [0.15, 0.2) is 109 Å². The molecule has 0 aliphatic heterocycles. The van der Waals surface area contributed by atoms with Gasteiger partial charge < -0.3 is 19.8 Å². The minimum atomic E-state index is -0.683. The molecule has 0 unspecified atom stereocenters. The van der Waals surface area contributed by atoms with Crippen LogP contribution >= 0.6 is 11.8 Å². The van der Waals surface area contributed by atoms with Gasteiger partial charge in [0.1, 0.15) is 17.4 Å². The summed E-state index contributed by atoms with van der Waals surface area (Å²) in [6, 6.07) is 36.3. The van der Waals surface area contributed by atoms with Crippen molar-refractivity contribution in [2.24, 2.45) is 0 Å². The summed E-state index contributed by atoms with van der Waals surface area (Å²) in [5.41, 5.74) is 4.33. The van der Waals surface area contributed by atoms with Gasteiger partial charge in [0, 0.05) is 11.8 Å². The van der Waals surface area contributed by atoms with Gasteiger partial charge in [0.2, 0.25) is 5.95 Å². The van der Waals surface area contributed by atoms with Crippen molar-refractivity contribution in [1.82, 2.24) is 9.97 Å². The second-order valence-electron chi connectivity index (χ2n) is 10.8. The van der Waals surface area contributed by atoms with Gasteiger partial charge >= 0.3 is 5.97 Å². The van der Waals surface area contributed by atoms with Crippen LogP contribution in [0.2, 0.25) is 0 Å². The van der Waals surface area contributed by atoms with Crippen molar-refractivity contribution in [2.45, 2.75) is 37.2 Å². The number of benzene rings is 4. The summed E-state index contributed by atoms with van der Waals surface area (Å²) in [4.78, 5) is 21.6. The number of aromatic amines is 1. The van der Waals surface area contributed by atoms with Gasteiger partial charge in [0.25, 0.3) is 0 Å². The number of nitrogens with one attached hydrogen (secondary N) is 2. The van der Waals surface area contributed by atoms with Crippen molar-refractivity contribution in [3.8, 4) is 5.75 Å². The lowest BCUT2D eigenvalue weighted by molar-refractivity contribution is -0.155. The van der Waals surface area contributed by atoms with Crippen LogP contribution in [0.1, 0.15) is 37.5 Å². The Morgan fingerprint density at radius 2 is 1.39 bits per heavy atom. The van der Waals surface area contributed by atoms with Crippen LogP contribution < -0.4 is 10.1 Å². The first kappa shape index (κ1) is 28.3. The van der Waals surface area contributed by atoms with Crippen LogP contribution in [0.25, 0.3) is 11.0 Å². The van der Waals surface area contributed by atoms with Crippen molar-refractivity contribution < 1.29 is 14.3 Å². The Kier molecular flexibility index (Phi) is 8.36. The molecule has 0 radical (unpaired) electrons. The second-order valence-corrected chi connectivity index (χ2v) is 12.0. The largest absolute Gasteiger partial charge is 0.497 e. The maximum Gasteiger partial charge on any atom is 0.330 e. The smallest absolute Gasteiger partial charge is 0.330 e. The van der Waals surface area contributed by atoms with E-state index in [9.17, 15) is 4.79 Å². The number of anilines is 1. The van der Waals surface area contributed by atoms with E-state index in [0.717, 1.165) is 33.5 Å². The van der Waals surface area contributed by atoms with Crippen LogP contribution in [0, 0.1) is 0 Å². The molecule has 4 aromatic carbocycles. The summed E-state index contributed by atoms with van der Waals surface area (Å²) in [6.45, 7) is 5.64. The maximum atomic E-state index is 13.6. The topological polar surface area (TPSA) is 76.2 Å². The third-order valence-corrected chi connectivity index (χ3v) is 8.34. The fourth-order valence-corrected chi connectivity index (χ4v) is 6.41. The number of carbonyl (C=O) groups excluding carboxylic acids is 1. The number of methoxy groups -OCH3 is 1. The summed E-state index contributed by atoms with van der Waals surface area (Å²) >= 11 is 1.70. The minimum absolute atomic E-state index is 0.342. The first-order valence-corrected chi connectivity index (χ1v) is 14.6. The van der Waals surface area contributed by atoms with Crippen LogP contribution in [0.3, 0.4) is 0 Å². The van der Waals surface area contributed by atoms with Gasteiger partial charge in [-0.05, 0) is 49.6 Å². The average Bonchev–Trinajstić information content (AvgIpc) is 3.39. The molecule has 2 N–H and O–H groups in total. The number of fused-ring (bicyclic) bond motifs is 1. The molecular formula is C34H35N3O3S. The number of esters is 1. The molecule has 0 fully saturated rings. The van der Waals surface area contributed by atoms with E-state index in [1.54, 1.807) is 18.9 Å². The first-order valence-electron chi connectivity index (χ1n) is 13.6. The highest BCUT2D eigenvalue weighted by Crippen LogP contribution is 2.48. The lowest BCUT2D eigenvalue weighted by Gasteiger charge is -2.36. The van der Waals surface area contributed by atoms with Gasteiger partial charge in [-0.3, -0.25) is 0 Å². The number of ether oxygens (including phenoxy) is 2. The molecule has 6 nitrogen and oxygen atoms in total. The number of nitrogens with zero attached hydrogens (tertiary/aromatic N) is 1. The number of rotatable bonds is 10. The van der Waals surface area contributed by atoms with E-state index in [2.05, 4.69) is 88.1 Å². The molecule has 1 heterocycles. The highest BCUT2D eigenvalue weighted by Gasteiger charge is 2.39.